The van der Waals surface area contributed by atoms with E-state index >= 15 is 0 Å². The maximum atomic E-state index is 11.8. The van der Waals surface area contributed by atoms with E-state index in [4.69, 9.17) is 22.1 Å². The smallest absolute Gasteiger partial charge is 0.262 e. The summed E-state index contributed by atoms with van der Waals surface area (Å²) in [6.45, 7) is -0.109. The Bertz CT molecular complexity index is 634. The Morgan fingerprint density at radius 2 is 2.10 bits per heavy atom. The number of carbonyl (C=O) groups excluding carboxylic acids is 1. The van der Waals surface area contributed by atoms with Crippen LogP contribution >= 0.6 is 27.5 Å². The van der Waals surface area contributed by atoms with Crippen LogP contribution in [0.4, 0.5) is 11.4 Å². The van der Waals surface area contributed by atoms with Crippen molar-refractivity contribution in [3.8, 4) is 5.75 Å². The fourth-order valence-electron chi connectivity index (χ4n) is 1.53. The van der Waals surface area contributed by atoms with Crippen molar-refractivity contribution < 1.29 is 9.53 Å². The van der Waals surface area contributed by atoms with Gasteiger partial charge in [-0.05, 0) is 46.3 Å². The molecular formula is C14H12BrClN2O2. The molecule has 6 heteroatoms. The Balaban J connectivity index is 1.94. The molecule has 0 saturated heterocycles. The number of ether oxygens (including phenoxy) is 1. The molecule has 2 aromatic carbocycles. The normalized spacial score (nSPS) is 10.1. The highest BCUT2D eigenvalue weighted by Gasteiger charge is 2.07. The number of halogens is 2. The highest BCUT2D eigenvalue weighted by Crippen LogP contribution is 2.25. The molecule has 0 aromatic heterocycles. The highest BCUT2D eigenvalue weighted by molar-refractivity contribution is 9.10. The van der Waals surface area contributed by atoms with Crippen LogP contribution in [0.2, 0.25) is 5.02 Å². The van der Waals surface area contributed by atoms with Crippen molar-refractivity contribution in [2.45, 2.75) is 0 Å². The Morgan fingerprint density at radius 1 is 1.30 bits per heavy atom. The van der Waals surface area contributed by atoms with Gasteiger partial charge >= 0.3 is 0 Å². The SMILES string of the molecule is Nc1cccc(OCC(=O)Nc2cc(Cl)ccc2Br)c1. The average Bonchev–Trinajstić information content (AvgIpc) is 2.41. The molecule has 0 heterocycles. The number of nitrogen functional groups attached to an aromatic ring is 1. The van der Waals surface area contributed by atoms with Crippen LogP contribution in [0.15, 0.2) is 46.9 Å². The summed E-state index contributed by atoms with van der Waals surface area (Å²) in [7, 11) is 0. The van der Waals surface area contributed by atoms with Crippen molar-refractivity contribution in [3.63, 3.8) is 0 Å². The Morgan fingerprint density at radius 3 is 2.85 bits per heavy atom. The third-order valence-electron chi connectivity index (χ3n) is 2.43. The van der Waals surface area contributed by atoms with E-state index < -0.39 is 0 Å². The predicted molar refractivity (Wildman–Crippen MR) is 84.1 cm³/mol. The molecule has 2 rings (SSSR count). The molecule has 1 amide bonds. The minimum atomic E-state index is -0.282. The summed E-state index contributed by atoms with van der Waals surface area (Å²) < 4.78 is 6.10. The second-order valence-electron chi connectivity index (χ2n) is 4.03. The zero-order chi connectivity index (χ0) is 14.5. The van der Waals surface area contributed by atoms with Gasteiger partial charge in [-0.15, -0.1) is 0 Å². The van der Waals surface area contributed by atoms with Gasteiger partial charge in [0.15, 0.2) is 6.61 Å². The lowest BCUT2D eigenvalue weighted by Crippen LogP contribution is -2.20. The van der Waals surface area contributed by atoms with Gasteiger partial charge in [-0.3, -0.25) is 4.79 Å². The monoisotopic (exact) mass is 354 g/mol. The maximum Gasteiger partial charge on any atom is 0.262 e. The number of anilines is 2. The highest BCUT2D eigenvalue weighted by atomic mass is 79.9. The maximum absolute atomic E-state index is 11.8. The summed E-state index contributed by atoms with van der Waals surface area (Å²) in [6, 6.07) is 12.0. The van der Waals surface area contributed by atoms with E-state index in [0.29, 0.717) is 22.1 Å². The molecule has 0 radical (unpaired) electrons. The molecule has 104 valence electrons. The number of hydrogen-bond acceptors (Lipinski definition) is 3. The molecule has 20 heavy (non-hydrogen) atoms. The Kier molecular flexibility index (Phi) is 4.87. The summed E-state index contributed by atoms with van der Waals surface area (Å²) in [5.74, 6) is 0.265. The van der Waals surface area contributed by atoms with Crippen LogP contribution in [-0.2, 0) is 4.79 Å². The number of rotatable bonds is 4. The van der Waals surface area contributed by atoms with Crippen molar-refractivity contribution in [3.05, 3.63) is 52.0 Å². The van der Waals surface area contributed by atoms with E-state index in [9.17, 15) is 4.79 Å². The molecular weight excluding hydrogens is 344 g/mol. The fraction of sp³-hybridized carbons (Fsp3) is 0.0714. The van der Waals surface area contributed by atoms with Crippen molar-refractivity contribution in [2.24, 2.45) is 0 Å². The lowest BCUT2D eigenvalue weighted by molar-refractivity contribution is -0.118. The number of carbonyl (C=O) groups is 1. The van der Waals surface area contributed by atoms with E-state index in [1.54, 1.807) is 42.5 Å². The lowest BCUT2D eigenvalue weighted by Gasteiger charge is -2.09. The molecule has 4 nitrogen and oxygen atoms in total. The molecule has 0 atom stereocenters. The standard InChI is InChI=1S/C14H12BrClN2O2/c15-12-5-4-9(16)6-13(12)18-14(19)8-20-11-3-1-2-10(17)7-11/h1-7H,8,17H2,(H,18,19). The van der Waals surface area contributed by atoms with Gasteiger partial charge in [-0.2, -0.15) is 0 Å². The third kappa shape index (κ3) is 4.15. The topological polar surface area (TPSA) is 64.3 Å². The summed E-state index contributed by atoms with van der Waals surface area (Å²) in [4.78, 5) is 11.8. The largest absolute Gasteiger partial charge is 0.484 e. The van der Waals surface area contributed by atoms with Gasteiger partial charge < -0.3 is 15.8 Å². The molecule has 0 unspecified atom stereocenters. The van der Waals surface area contributed by atoms with Crippen LogP contribution in [0.3, 0.4) is 0 Å². The number of hydrogen-bond donors (Lipinski definition) is 2. The first-order valence-electron chi connectivity index (χ1n) is 5.78. The zero-order valence-electron chi connectivity index (χ0n) is 10.4. The van der Waals surface area contributed by atoms with Gasteiger partial charge in [0.25, 0.3) is 5.91 Å². The van der Waals surface area contributed by atoms with E-state index in [0.717, 1.165) is 4.47 Å². The molecule has 0 spiro atoms. The first-order valence-corrected chi connectivity index (χ1v) is 6.95. The molecule has 2 aromatic rings. The van der Waals surface area contributed by atoms with E-state index in [-0.39, 0.29) is 12.5 Å². The number of amides is 1. The average molecular weight is 356 g/mol. The van der Waals surface area contributed by atoms with Crippen LogP contribution < -0.4 is 15.8 Å². The zero-order valence-corrected chi connectivity index (χ0v) is 12.7. The fourth-order valence-corrected chi connectivity index (χ4v) is 2.05. The second-order valence-corrected chi connectivity index (χ2v) is 5.32. The summed E-state index contributed by atoms with van der Waals surface area (Å²) in [5, 5.41) is 3.25. The van der Waals surface area contributed by atoms with Crippen LogP contribution in [0, 0.1) is 0 Å². The number of nitrogens with two attached hydrogens (primary N) is 1. The molecule has 0 fully saturated rings. The van der Waals surface area contributed by atoms with Crippen LogP contribution in [0.25, 0.3) is 0 Å². The first kappa shape index (κ1) is 14.7. The summed E-state index contributed by atoms with van der Waals surface area (Å²) >= 11 is 9.21. The van der Waals surface area contributed by atoms with Crippen molar-refractivity contribution >= 4 is 44.8 Å². The van der Waals surface area contributed by atoms with Gasteiger partial charge in [0, 0.05) is 21.2 Å². The van der Waals surface area contributed by atoms with E-state index in [1.807, 2.05) is 0 Å². The number of benzene rings is 2. The van der Waals surface area contributed by atoms with Gasteiger partial charge in [-0.1, -0.05) is 17.7 Å². The van der Waals surface area contributed by atoms with Crippen LogP contribution in [-0.4, -0.2) is 12.5 Å². The van der Waals surface area contributed by atoms with E-state index in [1.165, 1.54) is 0 Å². The predicted octanol–water partition coefficient (Wildman–Crippen LogP) is 3.70. The summed E-state index contributed by atoms with van der Waals surface area (Å²) in [6.07, 6.45) is 0. The first-order chi connectivity index (χ1) is 9.54. The Labute approximate surface area is 130 Å². The minimum absolute atomic E-state index is 0.109. The van der Waals surface area contributed by atoms with Crippen molar-refractivity contribution in [1.82, 2.24) is 0 Å². The summed E-state index contributed by atoms with van der Waals surface area (Å²) in [5.41, 5.74) is 6.80. The molecule has 0 aliphatic rings. The van der Waals surface area contributed by atoms with Crippen LogP contribution in [0.5, 0.6) is 5.75 Å². The molecule has 0 aliphatic carbocycles. The Hall–Kier alpha value is -1.72. The van der Waals surface area contributed by atoms with E-state index in [2.05, 4.69) is 21.2 Å². The molecule has 0 saturated carbocycles. The van der Waals surface area contributed by atoms with Gasteiger partial charge in [0.2, 0.25) is 0 Å². The van der Waals surface area contributed by atoms with Crippen molar-refractivity contribution in [2.75, 3.05) is 17.7 Å². The lowest BCUT2D eigenvalue weighted by atomic mass is 10.3. The van der Waals surface area contributed by atoms with Gasteiger partial charge in [0.05, 0.1) is 5.69 Å². The second kappa shape index (κ2) is 6.63. The molecule has 0 bridgehead atoms. The number of nitrogens with one attached hydrogen (secondary N) is 1. The molecule has 3 N–H and O–H groups in total. The van der Waals surface area contributed by atoms with Crippen LogP contribution in [0.1, 0.15) is 0 Å². The third-order valence-corrected chi connectivity index (χ3v) is 3.36. The quantitative estimate of drug-likeness (QED) is 0.822. The van der Waals surface area contributed by atoms with Gasteiger partial charge in [0.1, 0.15) is 5.75 Å². The van der Waals surface area contributed by atoms with Gasteiger partial charge in [-0.25, -0.2) is 0 Å². The van der Waals surface area contributed by atoms with Crippen molar-refractivity contribution in [1.29, 1.82) is 0 Å². The molecule has 0 aliphatic heterocycles. The minimum Gasteiger partial charge on any atom is -0.484 e.